The number of unbranched alkanes of at least 4 members (excludes halogenated alkanes) is 1. The Labute approximate surface area is 149 Å². The van der Waals surface area contributed by atoms with E-state index < -0.39 is 5.25 Å². The first-order chi connectivity index (χ1) is 12.1. The standard InChI is InChI=1S/C17H20N4O3S/c1-4-5-10-20-14(22)12-8-6-7-9-13(12)21-16(20)18-19-17(21)25-11(2)15(23)24-3/h6-9,11H,4-5,10H2,1-3H3. The summed E-state index contributed by atoms with van der Waals surface area (Å²) in [6, 6.07) is 7.38. The minimum Gasteiger partial charge on any atom is -0.468 e. The van der Waals surface area contributed by atoms with E-state index in [0.29, 0.717) is 22.9 Å². The maximum Gasteiger partial charge on any atom is 0.318 e. The fraction of sp³-hybridized carbons (Fsp3) is 0.412. The molecule has 2 heterocycles. The van der Waals surface area contributed by atoms with Gasteiger partial charge < -0.3 is 4.74 Å². The average molecular weight is 360 g/mol. The molecule has 132 valence electrons. The summed E-state index contributed by atoms with van der Waals surface area (Å²) in [6.07, 6.45) is 1.85. The van der Waals surface area contributed by atoms with Crippen molar-refractivity contribution >= 4 is 34.4 Å². The zero-order valence-corrected chi connectivity index (χ0v) is 15.2. The quantitative estimate of drug-likeness (QED) is 0.496. The fourth-order valence-electron chi connectivity index (χ4n) is 2.70. The number of benzene rings is 1. The number of para-hydroxylation sites is 1. The molecule has 0 saturated heterocycles. The van der Waals surface area contributed by atoms with Crippen LogP contribution in [0.25, 0.3) is 16.7 Å². The van der Waals surface area contributed by atoms with Gasteiger partial charge in [0.05, 0.1) is 18.0 Å². The van der Waals surface area contributed by atoms with E-state index in [1.54, 1.807) is 17.6 Å². The molecule has 25 heavy (non-hydrogen) atoms. The normalized spacial score (nSPS) is 12.6. The van der Waals surface area contributed by atoms with Crippen molar-refractivity contribution in [3.63, 3.8) is 0 Å². The van der Waals surface area contributed by atoms with E-state index in [0.717, 1.165) is 18.4 Å². The van der Waals surface area contributed by atoms with Gasteiger partial charge in [-0.3, -0.25) is 18.6 Å². The Kier molecular flexibility index (Phi) is 5.08. The van der Waals surface area contributed by atoms with E-state index in [1.807, 2.05) is 22.6 Å². The van der Waals surface area contributed by atoms with E-state index >= 15 is 0 Å². The summed E-state index contributed by atoms with van der Waals surface area (Å²) in [5.41, 5.74) is 0.668. The Morgan fingerprint density at radius 1 is 1.32 bits per heavy atom. The molecule has 1 unspecified atom stereocenters. The minimum atomic E-state index is -0.424. The van der Waals surface area contributed by atoms with Crippen LogP contribution < -0.4 is 5.56 Å². The van der Waals surface area contributed by atoms with Gasteiger partial charge in [-0.15, -0.1) is 10.2 Å². The number of rotatable bonds is 6. The van der Waals surface area contributed by atoms with E-state index in [-0.39, 0.29) is 11.5 Å². The van der Waals surface area contributed by atoms with Crippen LogP contribution in [0.1, 0.15) is 26.7 Å². The highest BCUT2D eigenvalue weighted by atomic mass is 32.2. The summed E-state index contributed by atoms with van der Waals surface area (Å²) >= 11 is 1.27. The summed E-state index contributed by atoms with van der Waals surface area (Å²) < 4.78 is 8.29. The number of ether oxygens (including phenoxy) is 1. The van der Waals surface area contributed by atoms with Gasteiger partial charge in [0.2, 0.25) is 5.78 Å². The summed E-state index contributed by atoms with van der Waals surface area (Å²) in [5, 5.41) is 9.19. The second-order valence-electron chi connectivity index (χ2n) is 5.73. The van der Waals surface area contributed by atoms with Crippen LogP contribution in [0, 0.1) is 0 Å². The number of nitrogens with zero attached hydrogens (tertiary/aromatic N) is 4. The van der Waals surface area contributed by atoms with Crippen LogP contribution in [-0.2, 0) is 16.1 Å². The lowest BCUT2D eigenvalue weighted by Crippen LogP contribution is -2.23. The van der Waals surface area contributed by atoms with Gasteiger partial charge in [-0.2, -0.15) is 0 Å². The molecule has 0 saturated carbocycles. The van der Waals surface area contributed by atoms with Crippen molar-refractivity contribution < 1.29 is 9.53 Å². The van der Waals surface area contributed by atoms with E-state index in [4.69, 9.17) is 4.74 Å². The molecule has 3 rings (SSSR count). The summed E-state index contributed by atoms with van der Waals surface area (Å²) in [5.74, 6) is 0.169. The van der Waals surface area contributed by atoms with Gasteiger partial charge in [0.1, 0.15) is 5.25 Å². The number of carbonyl (C=O) groups excluding carboxylic acids is 1. The van der Waals surface area contributed by atoms with Gasteiger partial charge >= 0.3 is 5.97 Å². The van der Waals surface area contributed by atoms with Gasteiger partial charge in [0.25, 0.3) is 5.56 Å². The van der Waals surface area contributed by atoms with Crippen LogP contribution in [0.15, 0.2) is 34.2 Å². The third kappa shape index (κ3) is 3.13. The Balaban J connectivity index is 2.23. The first-order valence-corrected chi connectivity index (χ1v) is 9.07. The van der Waals surface area contributed by atoms with Gasteiger partial charge in [-0.25, -0.2) is 0 Å². The molecule has 0 aliphatic rings. The van der Waals surface area contributed by atoms with Gasteiger partial charge in [0, 0.05) is 6.54 Å². The molecule has 0 aliphatic heterocycles. The minimum absolute atomic E-state index is 0.0680. The maximum absolute atomic E-state index is 12.8. The van der Waals surface area contributed by atoms with E-state index in [1.165, 1.54) is 18.9 Å². The Morgan fingerprint density at radius 2 is 2.08 bits per heavy atom. The number of esters is 1. The number of thioether (sulfide) groups is 1. The number of fused-ring (bicyclic) bond motifs is 3. The molecule has 0 amide bonds. The van der Waals surface area contributed by atoms with Crippen molar-refractivity contribution in [2.75, 3.05) is 7.11 Å². The topological polar surface area (TPSA) is 78.5 Å². The number of hydrogen-bond donors (Lipinski definition) is 0. The molecule has 0 fully saturated rings. The van der Waals surface area contributed by atoms with Crippen molar-refractivity contribution in [3.8, 4) is 0 Å². The van der Waals surface area contributed by atoms with Crippen LogP contribution in [0.4, 0.5) is 0 Å². The number of hydrogen-bond acceptors (Lipinski definition) is 6. The number of methoxy groups -OCH3 is 1. The second-order valence-corrected chi connectivity index (χ2v) is 7.04. The lowest BCUT2D eigenvalue weighted by molar-refractivity contribution is -0.139. The molecule has 0 aliphatic carbocycles. The molecule has 8 heteroatoms. The zero-order chi connectivity index (χ0) is 18.0. The van der Waals surface area contributed by atoms with E-state index in [2.05, 4.69) is 17.1 Å². The summed E-state index contributed by atoms with van der Waals surface area (Å²) in [7, 11) is 1.36. The number of aryl methyl sites for hydroxylation is 1. The summed E-state index contributed by atoms with van der Waals surface area (Å²) in [6.45, 7) is 4.41. The number of carbonyl (C=O) groups is 1. The zero-order valence-electron chi connectivity index (χ0n) is 14.4. The van der Waals surface area contributed by atoms with Crippen LogP contribution in [0.2, 0.25) is 0 Å². The monoisotopic (exact) mass is 360 g/mol. The van der Waals surface area contributed by atoms with Gasteiger partial charge in [-0.05, 0) is 25.5 Å². The molecule has 1 aromatic carbocycles. The molecule has 1 atom stereocenters. The maximum atomic E-state index is 12.8. The van der Waals surface area contributed by atoms with Crippen molar-refractivity contribution in [1.29, 1.82) is 0 Å². The third-order valence-corrected chi connectivity index (χ3v) is 5.05. The largest absolute Gasteiger partial charge is 0.468 e. The Morgan fingerprint density at radius 3 is 2.80 bits per heavy atom. The Bertz CT molecular complexity index is 979. The molecular weight excluding hydrogens is 340 g/mol. The van der Waals surface area contributed by atoms with Crippen molar-refractivity contribution in [1.82, 2.24) is 19.2 Å². The highest BCUT2D eigenvalue weighted by molar-refractivity contribution is 8.00. The highest BCUT2D eigenvalue weighted by Crippen LogP contribution is 2.25. The molecule has 0 bridgehead atoms. The van der Waals surface area contributed by atoms with Crippen LogP contribution in [0.3, 0.4) is 0 Å². The fourth-order valence-corrected chi connectivity index (χ4v) is 3.58. The molecular formula is C17H20N4O3S. The molecule has 3 aromatic rings. The third-order valence-electron chi connectivity index (χ3n) is 4.03. The molecule has 0 spiro atoms. The van der Waals surface area contributed by atoms with E-state index in [9.17, 15) is 9.59 Å². The predicted octanol–water partition coefficient (Wildman–Crippen LogP) is 2.50. The average Bonchev–Trinajstić information content (AvgIpc) is 3.04. The summed E-state index contributed by atoms with van der Waals surface area (Å²) in [4.78, 5) is 24.6. The van der Waals surface area contributed by atoms with Crippen LogP contribution in [0.5, 0.6) is 0 Å². The molecule has 0 N–H and O–H groups in total. The van der Waals surface area contributed by atoms with Crippen LogP contribution >= 0.6 is 11.8 Å². The highest BCUT2D eigenvalue weighted by Gasteiger charge is 2.21. The van der Waals surface area contributed by atoms with Gasteiger partial charge in [-0.1, -0.05) is 37.2 Å². The second kappa shape index (κ2) is 7.26. The molecule has 0 radical (unpaired) electrons. The van der Waals surface area contributed by atoms with Crippen molar-refractivity contribution in [2.45, 2.75) is 43.6 Å². The lowest BCUT2D eigenvalue weighted by Gasteiger charge is -2.12. The SMILES string of the molecule is CCCCn1c(=O)c2ccccc2n2c(SC(C)C(=O)OC)nnc12. The first kappa shape index (κ1) is 17.5. The van der Waals surface area contributed by atoms with Crippen molar-refractivity contribution in [2.24, 2.45) is 0 Å². The Hall–Kier alpha value is -2.35. The first-order valence-electron chi connectivity index (χ1n) is 8.19. The van der Waals surface area contributed by atoms with Gasteiger partial charge in [0.15, 0.2) is 5.16 Å². The van der Waals surface area contributed by atoms with Crippen molar-refractivity contribution in [3.05, 3.63) is 34.6 Å². The molecule has 2 aromatic heterocycles. The lowest BCUT2D eigenvalue weighted by atomic mass is 10.2. The molecule has 7 nitrogen and oxygen atoms in total. The smallest absolute Gasteiger partial charge is 0.318 e. The number of aromatic nitrogens is 4. The van der Waals surface area contributed by atoms with Crippen LogP contribution in [-0.4, -0.2) is 37.5 Å². The predicted molar refractivity (Wildman–Crippen MR) is 97.0 cm³/mol.